The Morgan fingerprint density at radius 2 is 1.86 bits per heavy atom. The first-order chi connectivity index (χ1) is 16.8. The van der Waals surface area contributed by atoms with Crippen molar-refractivity contribution in [3.8, 4) is 5.75 Å². The van der Waals surface area contributed by atoms with Crippen molar-refractivity contribution in [2.45, 2.75) is 58.7 Å². The van der Waals surface area contributed by atoms with Crippen molar-refractivity contribution in [3.05, 3.63) is 70.9 Å². The third-order valence-electron chi connectivity index (χ3n) is 5.77. The summed E-state index contributed by atoms with van der Waals surface area (Å²) in [6, 6.07) is 11.9. The first-order valence-electron chi connectivity index (χ1n) is 11.7. The lowest BCUT2D eigenvalue weighted by Crippen LogP contribution is -2.41. The van der Waals surface area contributed by atoms with Crippen molar-refractivity contribution in [2.24, 2.45) is 0 Å². The molecule has 0 radical (unpaired) electrons. The molecule has 9 nitrogen and oxygen atoms in total. The fourth-order valence-electron chi connectivity index (χ4n) is 4.03. The van der Waals surface area contributed by atoms with Gasteiger partial charge in [0.15, 0.2) is 0 Å². The Labute approximate surface area is 210 Å². The van der Waals surface area contributed by atoms with Crippen LogP contribution in [-0.4, -0.2) is 32.5 Å². The molecule has 1 aliphatic rings. The van der Waals surface area contributed by atoms with Crippen LogP contribution in [0.4, 0.5) is 17.5 Å². The van der Waals surface area contributed by atoms with Gasteiger partial charge in [0.25, 0.3) is 5.91 Å². The minimum absolute atomic E-state index is 0.142. The highest BCUT2D eigenvalue weighted by Crippen LogP contribution is 2.37. The van der Waals surface area contributed by atoms with Gasteiger partial charge in [-0.05, 0) is 65.8 Å². The number of nitrogens with one attached hydrogen (secondary N) is 3. The number of anilines is 3. The number of rotatable bonds is 6. The number of amides is 1. The Kier molecular flexibility index (Phi) is 6.34. The topological polar surface area (TPSA) is 125 Å². The van der Waals surface area contributed by atoms with Gasteiger partial charge in [0, 0.05) is 28.6 Å². The zero-order valence-corrected chi connectivity index (χ0v) is 21.3. The molecule has 3 aromatic rings. The van der Waals surface area contributed by atoms with E-state index in [-0.39, 0.29) is 35.2 Å². The number of fused-ring (bicyclic) bond motifs is 1. The number of carbonyl (C=O) groups excluding carboxylic acids is 2. The first-order valence-corrected chi connectivity index (χ1v) is 11.7. The van der Waals surface area contributed by atoms with Crippen LogP contribution in [0.3, 0.4) is 0 Å². The second-order valence-corrected chi connectivity index (χ2v) is 10.4. The number of aromatic hydroxyl groups is 1. The summed E-state index contributed by atoms with van der Waals surface area (Å²) < 4.78 is 5.45. The summed E-state index contributed by atoms with van der Waals surface area (Å²) in [5.74, 6) is 0.0399. The maximum atomic E-state index is 13.0. The van der Waals surface area contributed by atoms with Gasteiger partial charge in [0.05, 0.1) is 11.6 Å². The Morgan fingerprint density at radius 3 is 2.56 bits per heavy atom. The van der Waals surface area contributed by atoms with Gasteiger partial charge in [-0.1, -0.05) is 18.2 Å². The van der Waals surface area contributed by atoms with Crippen LogP contribution in [0.2, 0.25) is 0 Å². The molecule has 1 aromatic heterocycles. The Balaban J connectivity index is 1.67. The molecule has 1 amide bonds. The summed E-state index contributed by atoms with van der Waals surface area (Å²) in [7, 11) is 0. The van der Waals surface area contributed by atoms with Crippen LogP contribution in [-0.2, 0) is 10.3 Å². The predicted octanol–water partition coefficient (Wildman–Crippen LogP) is 5.03. The molecule has 0 bridgehead atoms. The van der Waals surface area contributed by atoms with Gasteiger partial charge >= 0.3 is 5.97 Å². The lowest BCUT2D eigenvalue weighted by Gasteiger charge is -2.23. The normalized spacial score (nSPS) is 15.0. The molecule has 188 valence electrons. The van der Waals surface area contributed by atoms with Gasteiger partial charge in [0.1, 0.15) is 22.7 Å². The first kappa shape index (κ1) is 25.0. The number of nitrogens with zero attached hydrogens (tertiary/aromatic N) is 2. The van der Waals surface area contributed by atoms with Crippen LogP contribution < -0.4 is 16.0 Å². The molecule has 0 fully saturated rings. The third kappa shape index (κ3) is 5.25. The molecule has 1 aliphatic heterocycles. The van der Waals surface area contributed by atoms with E-state index in [9.17, 15) is 14.7 Å². The summed E-state index contributed by atoms with van der Waals surface area (Å²) >= 11 is 0. The summed E-state index contributed by atoms with van der Waals surface area (Å²) in [4.78, 5) is 34.1. The smallest absolute Gasteiger partial charge is 0.339 e. The van der Waals surface area contributed by atoms with Crippen LogP contribution in [0.15, 0.2) is 48.7 Å². The molecule has 0 spiro atoms. The zero-order chi connectivity index (χ0) is 26.3. The molecular formula is C27H31N5O4. The SMILES string of the molecule is C[C@H](Nc1nc(Nc2ccc3c(c2)C(C)(C)OC3=O)ncc1C(=O)NC(C)(C)C)c1ccccc1O. The average Bonchev–Trinajstić information content (AvgIpc) is 3.00. The summed E-state index contributed by atoms with van der Waals surface area (Å²) in [6.45, 7) is 11.2. The number of phenolic OH excluding ortho intramolecular Hbond substituents is 1. The summed E-state index contributed by atoms with van der Waals surface area (Å²) in [6.07, 6.45) is 1.46. The number of phenols is 1. The number of aromatic nitrogens is 2. The minimum Gasteiger partial charge on any atom is -0.508 e. The molecule has 4 rings (SSSR count). The van der Waals surface area contributed by atoms with E-state index in [0.717, 1.165) is 5.56 Å². The number of hydrogen-bond donors (Lipinski definition) is 4. The number of carbonyl (C=O) groups is 2. The highest BCUT2D eigenvalue weighted by atomic mass is 16.6. The lowest BCUT2D eigenvalue weighted by atomic mass is 9.95. The van der Waals surface area contributed by atoms with Gasteiger partial charge in [-0.2, -0.15) is 4.98 Å². The molecule has 4 N–H and O–H groups in total. The lowest BCUT2D eigenvalue weighted by molar-refractivity contribution is 0.00953. The Hall–Kier alpha value is -4.14. The largest absolute Gasteiger partial charge is 0.508 e. The maximum Gasteiger partial charge on any atom is 0.339 e. The predicted molar refractivity (Wildman–Crippen MR) is 138 cm³/mol. The molecule has 0 unspecified atom stereocenters. The van der Waals surface area contributed by atoms with E-state index in [0.29, 0.717) is 22.6 Å². The van der Waals surface area contributed by atoms with Crippen LogP contribution in [0.1, 0.15) is 79.4 Å². The molecule has 9 heteroatoms. The quantitative estimate of drug-likeness (QED) is 0.355. The van der Waals surface area contributed by atoms with Crippen molar-refractivity contribution in [1.29, 1.82) is 0 Å². The fourth-order valence-corrected chi connectivity index (χ4v) is 4.03. The number of esters is 1. The average molecular weight is 490 g/mol. The highest BCUT2D eigenvalue weighted by Gasteiger charge is 2.37. The molecule has 2 aromatic carbocycles. The maximum absolute atomic E-state index is 13.0. The number of ether oxygens (including phenoxy) is 1. The van der Waals surface area contributed by atoms with E-state index in [1.165, 1.54) is 6.20 Å². The molecule has 2 heterocycles. The molecule has 1 atom stereocenters. The second-order valence-electron chi connectivity index (χ2n) is 10.4. The van der Waals surface area contributed by atoms with E-state index in [1.54, 1.807) is 30.3 Å². The van der Waals surface area contributed by atoms with Gasteiger partial charge in [-0.3, -0.25) is 4.79 Å². The molecular weight excluding hydrogens is 458 g/mol. The van der Waals surface area contributed by atoms with E-state index in [4.69, 9.17) is 4.74 Å². The van der Waals surface area contributed by atoms with Crippen molar-refractivity contribution in [2.75, 3.05) is 10.6 Å². The van der Waals surface area contributed by atoms with Crippen LogP contribution >= 0.6 is 0 Å². The van der Waals surface area contributed by atoms with E-state index < -0.39 is 11.1 Å². The van der Waals surface area contributed by atoms with Crippen molar-refractivity contribution < 1.29 is 19.4 Å². The number of benzene rings is 2. The Bertz CT molecular complexity index is 1330. The number of cyclic esters (lactones) is 1. The van der Waals surface area contributed by atoms with Crippen molar-refractivity contribution in [3.63, 3.8) is 0 Å². The molecule has 0 aliphatic carbocycles. The number of para-hydroxylation sites is 1. The number of hydrogen-bond acceptors (Lipinski definition) is 8. The summed E-state index contributed by atoms with van der Waals surface area (Å²) in [5.41, 5.74) is 1.71. The van der Waals surface area contributed by atoms with Gasteiger partial charge in [0.2, 0.25) is 5.95 Å². The zero-order valence-electron chi connectivity index (χ0n) is 21.3. The van der Waals surface area contributed by atoms with Gasteiger partial charge in [-0.15, -0.1) is 0 Å². The van der Waals surface area contributed by atoms with Crippen LogP contribution in [0.25, 0.3) is 0 Å². The van der Waals surface area contributed by atoms with Crippen molar-refractivity contribution >= 4 is 29.3 Å². The minimum atomic E-state index is -0.736. The Morgan fingerprint density at radius 1 is 1.14 bits per heavy atom. The van der Waals surface area contributed by atoms with E-state index in [1.807, 2.05) is 53.7 Å². The molecule has 0 saturated heterocycles. The van der Waals surface area contributed by atoms with Crippen molar-refractivity contribution in [1.82, 2.24) is 15.3 Å². The monoisotopic (exact) mass is 489 g/mol. The summed E-state index contributed by atoms with van der Waals surface area (Å²) in [5, 5.41) is 19.6. The van der Waals surface area contributed by atoms with E-state index in [2.05, 4.69) is 25.9 Å². The van der Waals surface area contributed by atoms with Gasteiger partial charge < -0.3 is 25.8 Å². The fraction of sp³-hybridized carbons (Fsp3) is 0.333. The van der Waals surface area contributed by atoms with Crippen LogP contribution in [0, 0.1) is 0 Å². The standard InChI is InChI=1S/C27H31N5O4/c1-15(17-9-7-8-10-21(17)33)29-22-19(23(34)32-26(2,3)4)14-28-25(31-22)30-16-11-12-18-20(13-16)27(5,6)36-24(18)35/h7-15,33H,1-6H3,(H,32,34)(H2,28,29,30,31)/t15-/m0/s1. The third-order valence-corrected chi connectivity index (χ3v) is 5.77. The van der Waals surface area contributed by atoms with Gasteiger partial charge in [-0.25, -0.2) is 9.78 Å². The second kappa shape index (κ2) is 9.14. The molecule has 36 heavy (non-hydrogen) atoms. The van der Waals surface area contributed by atoms with Crippen LogP contribution in [0.5, 0.6) is 5.75 Å². The molecule has 0 saturated carbocycles. The highest BCUT2D eigenvalue weighted by molar-refractivity contribution is 5.99. The van der Waals surface area contributed by atoms with E-state index >= 15 is 0 Å².